The minimum atomic E-state index is -0.913. The Labute approximate surface area is 155 Å². The SMILES string of the molecule is CCC[C@@H](CN1CC(C(=O)OCC)CC1C(=O)O)C(C)NC(C)=O.Cl. The summed E-state index contributed by atoms with van der Waals surface area (Å²) >= 11 is 0. The van der Waals surface area contributed by atoms with Gasteiger partial charge in [0, 0.05) is 26.1 Å². The highest BCUT2D eigenvalue weighted by molar-refractivity contribution is 5.85. The van der Waals surface area contributed by atoms with Crippen LogP contribution in [-0.2, 0) is 19.1 Å². The molecule has 25 heavy (non-hydrogen) atoms. The average molecular weight is 379 g/mol. The van der Waals surface area contributed by atoms with Gasteiger partial charge in [-0.05, 0) is 32.6 Å². The fourth-order valence-corrected chi connectivity index (χ4v) is 3.40. The normalized spacial score (nSPS) is 22.6. The molecule has 0 spiro atoms. The molecule has 4 atom stereocenters. The van der Waals surface area contributed by atoms with Gasteiger partial charge in [-0.2, -0.15) is 0 Å². The highest BCUT2D eigenvalue weighted by Gasteiger charge is 2.41. The molecule has 1 saturated heterocycles. The van der Waals surface area contributed by atoms with Gasteiger partial charge in [-0.3, -0.25) is 19.3 Å². The van der Waals surface area contributed by atoms with Crippen LogP contribution < -0.4 is 5.32 Å². The molecular formula is C17H31ClN2O5. The van der Waals surface area contributed by atoms with E-state index in [1.165, 1.54) is 6.92 Å². The van der Waals surface area contributed by atoms with E-state index in [0.717, 1.165) is 12.8 Å². The van der Waals surface area contributed by atoms with Crippen LogP contribution in [0.25, 0.3) is 0 Å². The zero-order valence-electron chi connectivity index (χ0n) is 15.5. The first-order chi connectivity index (χ1) is 11.3. The van der Waals surface area contributed by atoms with E-state index in [0.29, 0.717) is 19.7 Å². The maximum Gasteiger partial charge on any atom is 0.320 e. The molecule has 1 amide bonds. The van der Waals surface area contributed by atoms with E-state index in [2.05, 4.69) is 12.2 Å². The Morgan fingerprint density at radius 3 is 2.44 bits per heavy atom. The summed E-state index contributed by atoms with van der Waals surface area (Å²) in [7, 11) is 0. The second-order valence-electron chi connectivity index (χ2n) is 6.53. The number of nitrogens with zero attached hydrogens (tertiary/aromatic N) is 1. The summed E-state index contributed by atoms with van der Waals surface area (Å²) in [5.74, 6) is -1.59. The minimum Gasteiger partial charge on any atom is -0.480 e. The van der Waals surface area contributed by atoms with E-state index in [-0.39, 0.29) is 42.7 Å². The highest BCUT2D eigenvalue weighted by Crippen LogP contribution is 2.27. The lowest BCUT2D eigenvalue weighted by Gasteiger charge is -2.30. The van der Waals surface area contributed by atoms with Gasteiger partial charge in [0.25, 0.3) is 0 Å². The summed E-state index contributed by atoms with van der Waals surface area (Å²) in [6, 6.07) is -0.721. The zero-order chi connectivity index (χ0) is 18.3. The van der Waals surface area contributed by atoms with E-state index in [4.69, 9.17) is 4.74 Å². The van der Waals surface area contributed by atoms with Gasteiger partial charge >= 0.3 is 11.9 Å². The van der Waals surface area contributed by atoms with E-state index in [9.17, 15) is 19.5 Å². The predicted molar refractivity (Wildman–Crippen MR) is 96.7 cm³/mol. The first kappa shape index (κ1) is 23.7. The molecule has 0 radical (unpaired) electrons. The fourth-order valence-electron chi connectivity index (χ4n) is 3.40. The van der Waals surface area contributed by atoms with Gasteiger partial charge < -0.3 is 15.2 Å². The molecule has 7 nitrogen and oxygen atoms in total. The van der Waals surface area contributed by atoms with Crippen molar-refractivity contribution in [2.45, 2.75) is 59.0 Å². The molecule has 1 heterocycles. The molecular weight excluding hydrogens is 348 g/mol. The molecule has 0 aromatic heterocycles. The van der Waals surface area contributed by atoms with E-state index in [1.807, 2.05) is 11.8 Å². The first-order valence-corrected chi connectivity index (χ1v) is 8.70. The molecule has 0 aliphatic carbocycles. The van der Waals surface area contributed by atoms with Crippen LogP contribution in [0, 0.1) is 11.8 Å². The Balaban J connectivity index is 0.00000576. The number of amides is 1. The molecule has 0 aromatic rings. The van der Waals surface area contributed by atoms with Crippen LogP contribution in [0.5, 0.6) is 0 Å². The van der Waals surface area contributed by atoms with Crippen LogP contribution in [-0.4, -0.2) is 59.6 Å². The first-order valence-electron chi connectivity index (χ1n) is 8.70. The van der Waals surface area contributed by atoms with Crippen LogP contribution in [0.15, 0.2) is 0 Å². The summed E-state index contributed by atoms with van der Waals surface area (Å²) in [6.45, 7) is 8.46. The van der Waals surface area contributed by atoms with Crippen LogP contribution in [0.2, 0.25) is 0 Å². The molecule has 0 bridgehead atoms. The smallest absolute Gasteiger partial charge is 0.320 e. The number of ether oxygens (including phenoxy) is 1. The summed E-state index contributed by atoms with van der Waals surface area (Å²) in [5.41, 5.74) is 0. The Morgan fingerprint density at radius 2 is 1.96 bits per heavy atom. The van der Waals surface area contributed by atoms with Crippen molar-refractivity contribution in [1.82, 2.24) is 10.2 Å². The van der Waals surface area contributed by atoms with Gasteiger partial charge in [0.05, 0.1) is 12.5 Å². The number of aliphatic carboxylic acids is 1. The van der Waals surface area contributed by atoms with Crippen molar-refractivity contribution < 1.29 is 24.2 Å². The number of carbonyl (C=O) groups is 3. The molecule has 0 aromatic carbocycles. The number of esters is 1. The maximum atomic E-state index is 12.0. The molecule has 1 rings (SSSR count). The summed E-state index contributed by atoms with van der Waals surface area (Å²) < 4.78 is 5.04. The number of hydrogen-bond donors (Lipinski definition) is 2. The summed E-state index contributed by atoms with van der Waals surface area (Å²) in [4.78, 5) is 36.7. The van der Waals surface area contributed by atoms with Crippen molar-refractivity contribution in [2.24, 2.45) is 11.8 Å². The number of halogens is 1. The molecule has 1 aliphatic heterocycles. The lowest BCUT2D eigenvalue weighted by Crippen LogP contribution is -2.45. The number of nitrogens with one attached hydrogen (secondary N) is 1. The van der Waals surface area contributed by atoms with Gasteiger partial charge in [-0.15, -0.1) is 12.4 Å². The van der Waals surface area contributed by atoms with Crippen molar-refractivity contribution in [3.63, 3.8) is 0 Å². The number of carbonyl (C=O) groups excluding carboxylic acids is 2. The van der Waals surface area contributed by atoms with Gasteiger partial charge in [0.15, 0.2) is 0 Å². The Kier molecular flexibility index (Phi) is 10.7. The Morgan fingerprint density at radius 1 is 1.32 bits per heavy atom. The summed E-state index contributed by atoms with van der Waals surface area (Å²) in [6.07, 6.45) is 2.11. The topological polar surface area (TPSA) is 95.9 Å². The van der Waals surface area contributed by atoms with Gasteiger partial charge in [0.2, 0.25) is 5.91 Å². The van der Waals surface area contributed by atoms with Crippen LogP contribution in [0.1, 0.15) is 47.0 Å². The monoisotopic (exact) mass is 378 g/mol. The molecule has 2 N–H and O–H groups in total. The van der Waals surface area contributed by atoms with Crippen molar-refractivity contribution in [1.29, 1.82) is 0 Å². The van der Waals surface area contributed by atoms with Crippen molar-refractivity contribution in [3.8, 4) is 0 Å². The Hall–Kier alpha value is -1.34. The predicted octanol–water partition coefficient (Wildman–Crippen LogP) is 1.69. The van der Waals surface area contributed by atoms with Crippen LogP contribution in [0.4, 0.5) is 0 Å². The highest BCUT2D eigenvalue weighted by atomic mass is 35.5. The van der Waals surface area contributed by atoms with E-state index < -0.39 is 17.9 Å². The molecule has 0 saturated carbocycles. The van der Waals surface area contributed by atoms with Crippen LogP contribution in [0.3, 0.4) is 0 Å². The molecule has 3 unspecified atom stereocenters. The number of carboxylic acids is 1. The second kappa shape index (κ2) is 11.3. The molecule has 1 fully saturated rings. The molecule has 8 heteroatoms. The largest absolute Gasteiger partial charge is 0.480 e. The standard InChI is InChI=1S/C17H30N2O5.ClH/c1-5-7-13(11(3)18-12(4)20)9-19-10-14(17(23)24-6-2)8-15(19)16(21)22;/h11,13-15H,5-10H2,1-4H3,(H,18,20)(H,21,22);1H/t11?,13-,14?,15?;/m0./s1. The third-order valence-electron chi connectivity index (χ3n) is 4.57. The van der Waals surface area contributed by atoms with Gasteiger partial charge in [-0.1, -0.05) is 13.3 Å². The number of rotatable bonds is 9. The van der Waals surface area contributed by atoms with E-state index >= 15 is 0 Å². The lowest BCUT2D eigenvalue weighted by molar-refractivity contribution is -0.147. The van der Waals surface area contributed by atoms with E-state index in [1.54, 1.807) is 6.92 Å². The van der Waals surface area contributed by atoms with Gasteiger partial charge in [-0.25, -0.2) is 0 Å². The van der Waals surface area contributed by atoms with Crippen LogP contribution >= 0.6 is 12.4 Å². The fraction of sp³-hybridized carbons (Fsp3) is 0.824. The third-order valence-corrected chi connectivity index (χ3v) is 4.57. The lowest BCUT2D eigenvalue weighted by atomic mass is 9.95. The second-order valence-corrected chi connectivity index (χ2v) is 6.53. The molecule has 146 valence electrons. The number of carboxylic acid groups (broad SMARTS) is 1. The Bertz CT molecular complexity index is 460. The minimum absolute atomic E-state index is 0. The summed E-state index contributed by atoms with van der Waals surface area (Å²) in [5, 5.41) is 12.4. The van der Waals surface area contributed by atoms with Crippen molar-refractivity contribution in [2.75, 3.05) is 19.7 Å². The van der Waals surface area contributed by atoms with Crippen molar-refractivity contribution >= 4 is 30.3 Å². The quantitative estimate of drug-likeness (QED) is 0.593. The third kappa shape index (κ3) is 7.20. The number of hydrogen-bond acceptors (Lipinski definition) is 5. The number of likely N-dealkylation sites (tertiary alicyclic amines) is 1. The molecule has 1 aliphatic rings. The average Bonchev–Trinajstić information content (AvgIpc) is 2.90. The van der Waals surface area contributed by atoms with Crippen molar-refractivity contribution in [3.05, 3.63) is 0 Å². The maximum absolute atomic E-state index is 12.0. The van der Waals surface area contributed by atoms with Gasteiger partial charge in [0.1, 0.15) is 6.04 Å². The zero-order valence-corrected chi connectivity index (χ0v) is 16.3.